The standard InChI is InChI=1S/C66H115NO18/c1-3-5-7-9-11-12-13-14-15-16-17-18-19-20-21-22-23-24-25-26-27-28-29-30-31-32-33-34-35-36-38-40-42-44-54(72)67-49(50(71)43-41-39-37-10-8-6-4-2)48-80-64-60(78)57(75)62(52(46-69)82-64)85-66-61(79)58(76)63(53(47-70)83-66)84-65-59(77)56(74)55(73)51(45-68)81-65/h5,7-8,10-12,14-15,17-18,41,43,49-53,55-66,68-71,73-79H,3-4,6,9,13,16,19-40,42,44-48H2,1-2H3,(H,67,72)/b7-5-,10-8+,12-11-,15-14-,18-17-,43-41+. The molecule has 0 saturated carbocycles. The molecule has 3 aliphatic heterocycles. The molecule has 3 saturated heterocycles. The van der Waals surface area contributed by atoms with E-state index in [1.807, 2.05) is 6.08 Å². The predicted octanol–water partition coefficient (Wildman–Crippen LogP) is 7.38. The lowest BCUT2D eigenvalue weighted by Gasteiger charge is -2.48. The monoisotopic (exact) mass is 1210 g/mol. The third kappa shape index (κ3) is 31.0. The molecule has 3 rings (SSSR count). The van der Waals surface area contributed by atoms with Gasteiger partial charge in [0.15, 0.2) is 18.9 Å². The van der Waals surface area contributed by atoms with Gasteiger partial charge in [0.05, 0.1) is 38.6 Å². The number of carbonyl (C=O) groups is 1. The van der Waals surface area contributed by atoms with Crippen molar-refractivity contribution in [1.29, 1.82) is 0 Å². The summed E-state index contributed by atoms with van der Waals surface area (Å²) >= 11 is 0. The lowest BCUT2D eigenvalue weighted by Crippen LogP contribution is -2.66. The number of unbranched alkanes of at least 4 members (excludes halogenated alkanes) is 22. The molecule has 3 heterocycles. The lowest BCUT2D eigenvalue weighted by molar-refractivity contribution is -0.379. The Bertz CT molecular complexity index is 1830. The van der Waals surface area contributed by atoms with Gasteiger partial charge < -0.3 is 89.9 Å². The highest BCUT2D eigenvalue weighted by Gasteiger charge is 2.53. The fourth-order valence-corrected chi connectivity index (χ4v) is 10.7. The second-order valence-corrected chi connectivity index (χ2v) is 23.2. The number of aliphatic hydroxyl groups is 11. The van der Waals surface area contributed by atoms with Gasteiger partial charge in [-0.1, -0.05) is 209 Å². The molecule has 19 heteroatoms. The average Bonchev–Trinajstić information content (AvgIpc) is 3.70. The Balaban J connectivity index is 1.31. The van der Waals surface area contributed by atoms with Gasteiger partial charge in [-0.25, -0.2) is 0 Å². The van der Waals surface area contributed by atoms with Crippen molar-refractivity contribution in [3.63, 3.8) is 0 Å². The first-order chi connectivity index (χ1) is 41.3. The van der Waals surface area contributed by atoms with Gasteiger partial charge in [0.1, 0.15) is 73.2 Å². The van der Waals surface area contributed by atoms with E-state index < -0.39 is 124 Å². The van der Waals surface area contributed by atoms with Crippen LogP contribution in [-0.2, 0) is 33.2 Å². The maximum Gasteiger partial charge on any atom is 0.220 e. The summed E-state index contributed by atoms with van der Waals surface area (Å²) in [6.07, 6.45) is 32.5. The average molecular weight is 1210 g/mol. The third-order valence-electron chi connectivity index (χ3n) is 16.0. The summed E-state index contributed by atoms with van der Waals surface area (Å²) in [5.41, 5.74) is 0. The van der Waals surface area contributed by atoms with Gasteiger partial charge in [0.2, 0.25) is 5.91 Å². The van der Waals surface area contributed by atoms with Crippen LogP contribution in [0.15, 0.2) is 72.9 Å². The largest absolute Gasteiger partial charge is 0.394 e. The number of nitrogens with one attached hydrogen (secondary N) is 1. The number of rotatable bonds is 48. The summed E-state index contributed by atoms with van der Waals surface area (Å²) in [6.45, 7) is 1.46. The van der Waals surface area contributed by atoms with E-state index in [4.69, 9.17) is 28.4 Å². The zero-order chi connectivity index (χ0) is 61.9. The zero-order valence-corrected chi connectivity index (χ0v) is 51.6. The van der Waals surface area contributed by atoms with Gasteiger partial charge in [-0.05, 0) is 64.2 Å². The Morgan fingerprint density at radius 1 is 0.435 bits per heavy atom. The second kappa shape index (κ2) is 48.1. The van der Waals surface area contributed by atoms with Crippen LogP contribution in [0.1, 0.15) is 206 Å². The molecule has 0 aromatic rings. The first-order valence-corrected chi connectivity index (χ1v) is 32.7. The number of hydrogen-bond acceptors (Lipinski definition) is 18. The summed E-state index contributed by atoms with van der Waals surface area (Å²) < 4.78 is 34.1. The summed E-state index contributed by atoms with van der Waals surface area (Å²) in [7, 11) is 0. The van der Waals surface area contributed by atoms with E-state index in [2.05, 4.69) is 79.9 Å². The van der Waals surface area contributed by atoms with Crippen molar-refractivity contribution in [3.8, 4) is 0 Å². The minimum atomic E-state index is -1.98. The molecule has 0 bridgehead atoms. The van der Waals surface area contributed by atoms with E-state index in [-0.39, 0.29) is 18.9 Å². The van der Waals surface area contributed by atoms with Crippen LogP contribution in [0.5, 0.6) is 0 Å². The molecule has 1 amide bonds. The van der Waals surface area contributed by atoms with Gasteiger partial charge in [0, 0.05) is 6.42 Å². The molecule has 0 aromatic carbocycles. The fourth-order valence-electron chi connectivity index (χ4n) is 10.7. The normalized spacial score (nSPS) is 29.4. The van der Waals surface area contributed by atoms with Crippen LogP contribution >= 0.6 is 0 Å². The quantitative estimate of drug-likeness (QED) is 0.0209. The minimum Gasteiger partial charge on any atom is -0.394 e. The number of hydrogen-bond donors (Lipinski definition) is 12. The molecule has 0 spiro atoms. The number of allylic oxidation sites excluding steroid dienone is 11. The minimum absolute atomic E-state index is 0.234. The van der Waals surface area contributed by atoms with Gasteiger partial charge in [0.25, 0.3) is 0 Å². The van der Waals surface area contributed by atoms with Crippen LogP contribution in [0.25, 0.3) is 0 Å². The molecule has 12 N–H and O–H groups in total. The lowest BCUT2D eigenvalue weighted by atomic mass is 9.96. The van der Waals surface area contributed by atoms with Crippen molar-refractivity contribution in [2.45, 2.75) is 311 Å². The third-order valence-corrected chi connectivity index (χ3v) is 16.0. The molecular weight excluding hydrogens is 1090 g/mol. The number of ether oxygens (including phenoxy) is 6. The van der Waals surface area contributed by atoms with Crippen molar-refractivity contribution in [2.24, 2.45) is 0 Å². The van der Waals surface area contributed by atoms with Crippen molar-refractivity contribution >= 4 is 5.91 Å². The van der Waals surface area contributed by atoms with E-state index in [1.54, 1.807) is 6.08 Å². The van der Waals surface area contributed by atoms with E-state index in [1.165, 1.54) is 109 Å². The highest BCUT2D eigenvalue weighted by atomic mass is 16.8. The number of aliphatic hydroxyl groups excluding tert-OH is 11. The van der Waals surface area contributed by atoms with Crippen LogP contribution in [0, 0.1) is 0 Å². The van der Waals surface area contributed by atoms with Gasteiger partial charge in [-0.15, -0.1) is 0 Å². The number of carbonyl (C=O) groups excluding carboxylic acids is 1. The summed E-state index contributed by atoms with van der Waals surface area (Å²) in [6, 6.07) is -0.988. The highest BCUT2D eigenvalue weighted by molar-refractivity contribution is 5.76. The Labute approximate surface area is 508 Å². The number of amides is 1. The van der Waals surface area contributed by atoms with Crippen molar-refractivity contribution in [2.75, 3.05) is 26.4 Å². The van der Waals surface area contributed by atoms with Crippen LogP contribution in [0.2, 0.25) is 0 Å². The SMILES string of the molecule is CC/C=C\C/C=C\C/C=C\C/C=C\CCCCCCCCCCCCCCCCCCCCCCC(=O)NC(COC1OC(CO)C(OC2OC(CO)C(OC3OC(CO)C(O)C(O)C3O)C(O)C2O)C(O)C1O)C(O)/C=C/CC/C=C/CCC. The van der Waals surface area contributed by atoms with Gasteiger partial charge in [-0.2, -0.15) is 0 Å². The molecule has 492 valence electrons. The smallest absolute Gasteiger partial charge is 0.220 e. The highest BCUT2D eigenvalue weighted by Crippen LogP contribution is 2.33. The molecule has 17 unspecified atom stereocenters. The molecular formula is C66H115NO18. The topological polar surface area (TPSA) is 307 Å². The molecule has 85 heavy (non-hydrogen) atoms. The zero-order valence-electron chi connectivity index (χ0n) is 51.6. The Kier molecular flexibility index (Phi) is 43.3. The molecule has 0 aromatic heterocycles. The van der Waals surface area contributed by atoms with Gasteiger partial charge in [-0.3, -0.25) is 4.79 Å². The van der Waals surface area contributed by atoms with E-state index in [0.29, 0.717) is 12.8 Å². The molecule has 3 fully saturated rings. The summed E-state index contributed by atoms with van der Waals surface area (Å²) in [5.74, 6) is -0.291. The maximum atomic E-state index is 13.3. The maximum absolute atomic E-state index is 13.3. The summed E-state index contributed by atoms with van der Waals surface area (Å²) in [4.78, 5) is 13.3. The molecule has 17 atom stereocenters. The second-order valence-electron chi connectivity index (χ2n) is 23.2. The Hall–Kier alpha value is -2.77. The first-order valence-electron chi connectivity index (χ1n) is 32.7. The van der Waals surface area contributed by atoms with Crippen molar-refractivity contribution in [1.82, 2.24) is 5.32 Å². The molecule has 0 radical (unpaired) electrons. The van der Waals surface area contributed by atoms with E-state index in [9.17, 15) is 61.0 Å². The molecule has 19 nitrogen and oxygen atoms in total. The van der Waals surface area contributed by atoms with Crippen molar-refractivity contribution < 1.29 is 89.4 Å². The summed E-state index contributed by atoms with van der Waals surface area (Å²) in [5, 5.41) is 120. The van der Waals surface area contributed by atoms with Crippen LogP contribution < -0.4 is 5.32 Å². The van der Waals surface area contributed by atoms with Crippen LogP contribution in [-0.4, -0.2) is 193 Å². The predicted molar refractivity (Wildman–Crippen MR) is 328 cm³/mol. The first kappa shape index (κ1) is 76.5. The van der Waals surface area contributed by atoms with E-state index >= 15 is 0 Å². The molecule has 3 aliphatic rings. The fraction of sp³-hybridized carbons (Fsp3) is 0.803. The van der Waals surface area contributed by atoms with Crippen LogP contribution in [0.4, 0.5) is 0 Å². The van der Waals surface area contributed by atoms with Gasteiger partial charge >= 0.3 is 0 Å². The Morgan fingerprint density at radius 2 is 0.824 bits per heavy atom. The Morgan fingerprint density at radius 3 is 1.31 bits per heavy atom. The molecule has 0 aliphatic carbocycles. The van der Waals surface area contributed by atoms with E-state index in [0.717, 1.165) is 64.2 Å². The van der Waals surface area contributed by atoms with Crippen LogP contribution in [0.3, 0.4) is 0 Å². The van der Waals surface area contributed by atoms with Crippen molar-refractivity contribution in [3.05, 3.63) is 72.9 Å².